The number of anilines is 1. The van der Waals surface area contributed by atoms with Crippen molar-refractivity contribution in [2.75, 3.05) is 24.9 Å². The molecule has 35 heavy (non-hydrogen) atoms. The van der Waals surface area contributed by atoms with E-state index in [1.165, 1.54) is 12.1 Å². The first kappa shape index (κ1) is 25.0. The van der Waals surface area contributed by atoms with Gasteiger partial charge in [0, 0.05) is 19.3 Å². The Kier molecular flexibility index (Phi) is 7.32. The molecule has 0 aliphatic carbocycles. The molecule has 2 amide bonds. The molecule has 3 atom stereocenters. The highest BCUT2D eigenvalue weighted by Gasteiger charge is 2.39. The van der Waals surface area contributed by atoms with Crippen molar-refractivity contribution in [1.29, 1.82) is 0 Å². The molecule has 2 aliphatic rings. The zero-order chi connectivity index (χ0) is 25.2. The number of hydrogen-bond donors (Lipinski definition) is 2. The Morgan fingerprint density at radius 2 is 1.94 bits per heavy atom. The van der Waals surface area contributed by atoms with E-state index in [1.807, 2.05) is 6.92 Å². The van der Waals surface area contributed by atoms with Crippen molar-refractivity contribution in [3.63, 3.8) is 0 Å². The topological polar surface area (TPSA) is 114 Å². The van der Waals surface area contributed by atoms with Gasteiger partial charge in [-0.25, -0.2) is 8.42 Å². The number of likely N-dealkylation sites (N-methyl/N-ethyl adjacent to an activating group) is 1. The van der Waals surface area contributed by atoms with Crippen LogP contribution < -0.4 is 14.8 Å². The molecular formula is C25H31N3O6S. The number of carbonyl (C=O) groups is 2. The van der Waals surface area contributed by atoms with E-state index < -0.39 is 10.0 Å². The first-order valence-corrected chi connectivity index (χ1v) is 13.2. The number of benzene rings is 2. The Morgan fingerprint density at radius 1 is 1.17 bits per heavy atom. The zero-order valence-corrected chi connectivity index (χ0v) is 20.9. The minimum Gasteiger partial charge on any atom is -0.490 e. The Hall–Kier alpha value is -3.11. The number of ether oxygens (including phenoxy) is 2. The first-order valence-electron chi connectivity index (χ1n) is 11.7. The van der Waals surface area contributed by atoms with E-state index in [-0.39, 0.29) is 59.2 Å². The highest BCUT2D eigenvalue weighted by Crippen LogP contribution is 2.33. The van der Waals surface area contributed by atoms with Crippen LogP contribution in [-0.4, -0.2) is 63.6 Å². The number of hydrogen-bond acceptors (Lipinski definition) is 6. The van der Waals surface area contributed by atoms with Gasteiger partial charge in [-0.3, -0.25) is 14.3 Å². The predicted octanol–water partition coefficient (Wildman–Crippen LogP) is 2.70. The average Bonchev–Trinajstić information content (AvgIpc) is 2.82. The van der Waals surface area contributed by atoms with Gasteiger partial charge in [-0.15, -0.1) is 0 Å². The number of nitrogens with zero attached hydrogens (tertiary/aromatic N) is 1. The number of nitrogens with one attached hydrogen (secondary N) is 2. The van der Waals surface area contributed by atoms with Crippen molar-refractivity contribution in [2.24, 2.45) is 0 Å². The Bertz CT molecular complexity index is 1220. The normalized spacial score (nSPS) is 22.2. The van der Waals surface area contributed by atoms with Crippen molar-refractivity contribution < 1.29 is 27.5 Å². The van der Waals surface area contributed by atoms with E-state index in [1.54, 1.807) is 49.2 Å². The van der Waals surface area contributed by atoms with Gasteiger partial charge in [-0.05, 0) is 56.5 Å². The van der Waals surface area contributed by atoms with Gasteiger partial charge in [0.25, 0.3) is 15.9 Å². The molecule has 0 bridgehead atoms. The van der Waals surface area contributed by atoms with Crippen molar-refractivity contribution in [2.45, 2.75) is 56.3 Å². The predicted molar refractivity (Wildman–Crippen MR) is 131 cm³/mol. The highest BCUT2D eigenvalue weighted by atomic mass is 32.2. The minimum atomic E-state index is -3.83. The van der Waals surface area contributed by atoms with Crippen LogP contribution in [0.5, 0.6) is 5.75 Å². The lowest BCUT2D eigenvalue weighted by Crippen LogP contribution is -2.54. The molecule has 0 saturated carbocycles. The summed E-state index contributed by atoms with van der Waals surface area (Å²) in [5.41, 5.74) is 1.18. The summed E-state index contributed by atoms with van der Waals surface area (Å²) in [7, 11) is -2.11. The largest absolute Gasteiger partial charge is 0.490 e. The van der Waals surface area contributed by atoms with E-state index in [0.717, 1.165) is 0 Å². The van der Waals surface area contributed by atoms with Crippen LogP contribution in [0.25, 0.3) is 0 Å². The van der Waals surface area contributed by atoms with Crippen molar-refractivity contribution in [1.82, 2.24) is 10.2 Å². The molecule has 188 valence electrons. The van der Waals surface area contributed by atoms with Crippen LogP contribution in [-0.2, 0) is 19.6 Å². The lowest BCUT2D eigenvalue weighted by molar-refractivity contribution is -0.133. The molecule has 0 aromatic heterocycles. The quantitative estimate of drug-likeness (QED) is 0.629. The minimum absolute atomic E-state index is 0.0573. The van der Waals surface area contributed by atoms with Crippen LogP contribution in [0.3, 0.4) is 0 Å². The molecule has 2 heterocycles. The van der Waals surface area contributed by atoms with Gasteiger partial charge in [0.05, 0.1) is 29.0 Å². The number of rotatable bonds is 6. The summed E-state index contributed by atoms with van der Waals surface area (Å²) in [6.07, 6.45) is 1.00. The number of sulfonamides is 1. The molecule has 2 aromatic carbocycles. The molecule has 0 unspecified atom stereocenters. The third-order valence-corrected chi connectivity index (χ3v) is 7.98. The molecule has 1 saturated heterocycles. The van der Waals surface area contributed by atoms with E-state index >= 15 is 0 Å². The van der Waals surface area contributed by atoms with Crippen LogP contribution in [0.2, 0.25) is 0 Å². The number of aryl methyl sites for hydroxylation is 1. The third kappa shape index (κ3) is 5.43. The van der Waals surface area contributed by atoms with Gasteiger partial charge in [0.2, 0.25) is 5.91 Å². The van der Waals surface area contributed by atoms with Gasteiger partial charge in [0.1, 0.15) is 18.5 Å². The Morgan fingerprint density at radius 3 is 2.69 bits per heavy atom. The van der Waals surface area contributed by atoms with Crippen LogP contribution in [0.4, 0.5) is 5.69 Å². The maximum Gasteiger partial charge on any atom is 0.262 e. The summed E-state index contributed by atoms with van der Waals surface area (Å²) in [6, 6.07) is 11.2. The summed E-state index contributed by atoms with van der Waals surface area (Å²) in [5, 5.41) is 2.79. The van der Waals surface area contributed by atoms with Gasteiger partial charge < -0.3 is 19.7 Å². The monoisotopic (exact) mass is 501 g/mol. The highest BCUT2D eigenvalue weighted by molar-refractivity contribution is 7.92. The van der Waals surface area contributed by atoms with Crippen molar-refractivity contribution in [3.05, 3.63) is 53.6 Å². The molecule has 1 fully saturated rings. The lowest BCUT2D eigenvalue weighted by Gasteiger charge is -2.42. The number of carbonyl (C=O) groups excluding carboxylic acids is 2. The SMILES string of the molecule is CCNC(=O)C[C@@H]1CC[C@@H]2[C@@H](COc3ccc(NS(=O)(=O)c4ccccc4C)cc3C(=O)N2C)O1. The molecule has 10 heteroatoms. The molecular weight excluding hydrogens is 470 g/mol. The molecule has 9 nitrogen and oxygen atoms in total. The molecule has 0 radical (unpaired) electrons. The van der Waals surface area contributed by atoms with Crippen LogP contribution in [0.15, 0.2) is 47.4 Å². The van der Waals surface area contributed by atoms with Crippen LogP contribution >= 0.6 is 0 Å². The number of amides is 2. The number of fused-ring (bicyclic) bond motifs is 2. The van der Waals surface area contributed by atoms with Crippen molar-refractivity contribution in [3.8, 4) is 5.75 Å². The van der Waals surface area contributed by atoms with E-state index in [9.17, 15) is 18.0 Å². The molecule has 2 N–H and O–H groups in total. The van der Waals surface area contributed by atoms with Gasteiger partial charge >= 0.3 is 0 Å². The van der Waals surface area contributed by atoms with Crippen LogP contribution in [0, 0.1) is 6.92 Å². The second-order valence-electron chi connectivity index (χ2n) is 8.91. The summed E-state index contributed by atoms with van der Waals surface area (Å²) in [4.78, 5) is 27.2. The van der Waals surface area contributed by atoms with Gasteiger partial charge in [-0.1, -0.05) is 18.2 Å². The van der Waals surface area contributed by atoms with E-state index in [2.05, 4.69) is 10.0 Å². The summed E-state index contributed by atoms with van der Waals surface area (Å²) < 4.78 is 40.5. The maximum atomic E-state index is 13.4. The third-order valence-electron chi connectivity index (χ3n) is 6.43. The Balaban J connectivity index is 1.54. The summed E-state index contributed by atoms with van der Waals surface area (Å²) in [5.74, 6) is 0.0178. The molecule has 2 aromatic rings. The summed E-state index contributed by atoms with van der Waals surface area (Å²) in [6.45, 7) is 4.38. The fourth-order valence-electron chi connectivity index (χ4n) is 4.64. The molecule has 0 spiro atoms. The zero-order valence-electron chi connectivity index (χ0n) is 20.1. The van der Waals surface area contributed by atoms with Gasteiger partial charge in [-0.2, -0.15) is 0 Å². The van der Waals surface area contributed by atoms with Crippen molar-refractivity contribution >= 4 is 27.5 Å². The standard InChI is InChI=1S/C25H31N3O6S/c1-4-26-24(29)14-18-10-11-20-22(34-18)15-33-21-12-9-17(13-19(21)25(30)28(20)3)27-35(31,32)23-8-6-5-7-16(23)2/h5-9,12-13,18,20,22,27H,4,10-11,14-15H2,1-3H3,(H,26,29)/t18-,20+,22+/m0/s1. The molecule has 2 aliphatic heterocycles. The maximum absolute atomic E-state index is 13.4. The first-order chi connectivity index (χ1) is 16.7. The smallest absolute Gasteiger partial charge is 0.262 e. The fraction of sp³-hybridized carbons (Fsp3) is 0.440. The van der Waals surface area contributed by atoms with E-state index in [4.69, 9.17) is 9.47 Å². The summed E-state index contributed by atoms with van der Waals surface area (Å²) >= 11 is 0. The van der Waals surface area contributed by atoms with Crippen LogP contribution in [0.1, 0.15) is 42.1 Å². The second-order valence-corrected chi connectivity index (χ2v) is 10.6. The second kappa shape index (κ2) is 10.2. The average molecular weight is 502 g/mol. The van der Waals surface area contributed by atoms with Gasteiger partial charge in [0.15, 0.2) is 0 Å². The van der Waals surface area contributed by atoms with E-state index in [0.29, 0.717) is 30.7 Å². The molecule has 4 rings (SSSR count). The lowest BCUT2D eigenvalue weighted by atomic mass is 9.94. The fourth-order valence-corrected chi connectivity index (χ4v) is 5.93. The Labute approximate surface area is 205 Å².